The molecule has 0 saturated heterocycles. The Kier molecular flexibility index (Phi) is 5.05. The van der Waals surface area contributed by atoms with Crippen molar-refractivity contribution in [2.24, 2.45) is 5.92 Å². The minimum absolute atomic E-state index is 0.114. The van der Waals surface area contributed by atoms with Gasteiger partial charge in [-0.3, -0.25) is 9.59 Å². The molecule has 1 aromatic rings. The highest BCUT2D eigenvalue weighted by atomic mass is 79.9. The van der Waals surface area contributed by atoms with Crippen LogP contribution in [0.15, 0.2) is 16.6 Å². The number of amides is 2. The lowest BCUT2D eigenvalue weighted by atomic mass is 9.86. The van der Waals surface area contributed by atoms with Crippen LogP contribution in [0.3, 0.4) is 0 Å². The normalized spacial score (nSPS) is 17.9. The summed E-state index contributed by atoms with van der Waals surface area (Å²) in [5, 5.41) is 2.87. The van der Waals surface area contributed by atoms with Gasteiger partial charge in [-0.15, -0.1) is 0 Å². The lowest BCUT2D eigenvalue weighted by molar-refractivity contribution is -0.119. The molecule has 0 spiro atoms. The first-order chi connectivity index (χ1) is 11.0. The number of fused-ring (bicyclic) bond motifs is 1. The zero-order chi connectivity index (χ0) is 16.4. The summed E-state index contributed by atoms with van der Waals surface area (Å²) in [4.78, 5) is 26.2. The van der Waals surface area contributed by atoms with Crippen molar-refractivity contribution in [1.82, 2.24) is 0 Å². The van der Waals surface area contributed by atoms with Gasteiger partial charge in [0.05, 0.1) is 11.4 Å². The Morgan fingerprint density at radius 3 is 2.70 bits per heavy atom. The molecular formula is C18H23BrN2O2. The van der Waals surface area contributed by atoms with Crippen molar-refractivity contribution < 1.29 is 9.59 Å². The SMILES string of the molecule is CC(=O)Nc1cc(Br)cc2c1N(C(=O)CC1CCCCC1)CC2. The first-order valence-corrected chi connectivity index (χ1v) is 9.24. The Balaban J connectivity index is 1.81. The molecule has 0 atom stereocenters. The molecule has 1 N–H and O–H groups in total. The van der Waals surface area contributed by atoms with Crippen LogP contribution in [0.1, 0.15) is 51.0 Å². The highest BCUT2D eigenvalue weighted by Crippen LogP contribution is 2.39. The average Bonchev–Trinajstić information content (AvgIpc) is 2.91. The number of hydrogen-bond donors (Lipinski definition) is 1. The van der Waals surface area contributed by atoms with Crippen molar-refractivity contribution in [3.63, 3.8) is 0 Å². The topological polar surface area (TPSA) is 49.4 Å². The summed E-state index contributed by atoms with van der Waals surface area (Å²) in [5.74, 6) is 0.612. The number of nitrogens with one attached hydrogen (secondary N) is 1. The molecule has 1 heterocycles. The van der Waals surface area contributed by atoms with Crippen molar-refractivity contribution >= 4 is 39.1 Å². The summed E-state index contributed by atoms with van der Waals surface area (Å²) in [5.41, 5.74) is 2.75. The zero-order valence-corrected chi connectivity index (χ0v) is 15.1. The second kappa shape index (κ2) is 7.04. The molecule has 3 rings (SSSR count). The smallest absolute Gasteiger partial charge is 0.227 e. The van der Waals surface area contributed by atoms with Crippen molar-refractivity contribution in [1.29, 1.82) is 0 Å². The van der Waals surface area contributed by atoms with Crippen molar-refractivity contribution in [2.75, 3.05) is 16.8 Å². The summed E-state index contributed by atoms with van der Waals surface area (Å²) in [6.07, 6.45) is 7.62. The van der Waals surface area contributed by atoms with E-state index in [4.69, 9.17) is 0 Å². The number of hydrogen-bond acceptors (Lipinski definition) is 2. The number of benzene rings is 1. The number of anilines is 2. The molecule has 1 aromatic carbocycles. The predicted molar refractivity (Wildman–Crippen MR) is 95.7 cm³/mol. The second-order valence-electron chi connectivity index (χ2n) is 6.65. The lowest BCUT2D eigenvalue weighted by Crippen LogP contribution is -2.31. The molecule has 0 aromatic heterocycles. The summed E-state index contributed by atoms with van der Waals surface area (Å²) in [6.45, 7) is 2.21. The molecule has 2 amide bonds. The van der Waals surface area contributed by atoms with E-state index >= 15 is 0 Å². The molecule has 1 saturated carbocycles. The van der Waals surface area contributed by atoms with E-state index in [0.717, 1.165) is 27.8 Å². The van der Waals surface area contributed by atoms with Gasteiger partial charge in [-0.05, 0) is 42.9 Å². The molecule has 1 aliphatic heterocycles. The van der Waals surface area contributed by atoms with Crippen LogP contribution in [0.4, 0.5) is 11.4 Å². The first-order valence-electron chi connectivity index (χ1n) is 8.45. The Morgan fingerprint density at radius 1 is 1.26 bits per heavy atom. The Hall–Kier alpha value is -1.36. The second-order valence-corrected chi connectivity index (χ2v) is 7.56. The zero-order valence-electron chi connectivity index (χ0n) is 13.5. The van der Waals surface area contributed by atoms with E-state index < -0.39 is 0 Å². The van der Waals surface area contributed by atoms with E-state index in [1.54, 1.807) is 0 Å². The molecule has 5 heteroatoms. The first kappa shape index (κ1) is 16.5. The number of rotatable bonds is 3. The van der Waals surface area contributed by atoms with Crippen LogP contribution in [0, 0.1) is 5.92 Å². The Bertz CT molecular complexity index is 624. The van der Waals surface area contributed by atoms with Crippen LogP contribution >= 0.6 is 15.9 Å². The van der Waals surface area contributed by atoms with Gasteiger partial charge in [-0.2, -0.15) is 0 Å². The molecule has 0 bridgehead atoms. The fraction of sp³-hybridized carbons (Fsp3) is 0.556. The molecule has 4 nitrogen and oxygen atoms in total. The predicted octanol–water partition coefficient (Wildman–Crippen LogP) is 4.27. The molecule has 0 radical (unpaired) electrons. The maximum atomic E-state index is 12.8. The van der Waals surface area contributed by atoms with Crippen LogP contribution in [0.2, 0.25) is 0 Å². The van der Waals surface area contributed by atoms with E-state index in [-0.39, 0.29) is 11.8 Å². The fourth-order valence-corrected chi connectivity index (χ4v) is 4.30. The monoisotopic (exact) mass is 378 g/mol. The van der Waals surface area contributed by atoms with Gasteiger partial charge < -0.3 is 10.2 Å². The van der Waals surface area contributed by atoms with E-state index in [1.807, 2.05) is 11.0 Å². The maximum Gasteiger partial charge on any atom is 0.227 e. The van der Waals surface area contributed by atoms with Crippen LogP contribution in [0.5, 0.6) is 0 Å². The Morgan fingerprint density at radius 2 is 2.00 bits per heavy atom. The molecule has 1 fully saturated rings. The van der Waals surface area contributed by atoms with Gasteiger partial charge in [0.25, 0.3) is 0 Å². The van der Waals surface area contributed by atoms with E-state index in [1.165, 1.54) is 39.0 Å². The number of halogens is 1. The van der Waals surface area contributed by atoms with Crippen LogP contribution in [-0.4, -0.2) is 18.4 Å². The van der Waals surface area contributed by atoms with Crippen LogP contribution in [-0.2, 0) is 16.0 Å². The van der Waals surface area contributed by atoms with E-state index in [0.29, 0.717) is 18.9 Å². The summed E-state index contributed by atoms with van der Waals surface area (Å²) >= 11 is 3.49. The largest absolute Gasteiger partial charge is 0.324 e. The Labute approximate surface area is 145 Å². The molecule has 124 valence electrons. The maximum absolute atomic E-state index is 12.8. The van der Waals surface area contributed by atoms with Gasteiger partial charge in [-0.25, -0.2) is 0 Å². The molecule has 23 heavy (non-hydrogen) atoms. The van der Waals surface area contributed by atoms with Gasteiger partial charge in [0, 0.05) is 24.4 Å². The number of nitrogens with zero attached hydrogens (tertiary/aromatic N) is 1. The van der Waals surface area contributed by atoms with Gasteiger partial charge >= 0.3 is 0 Å². The van der Waals surface area contributed by atoms with E-state index in [2.05, 4.69) is 27.3 Å². The molecule has 0 unspecified atom stereocenters. The third-order valence-corrected chi connectivity index (χ3v) is 5.29. The molecular weight excluding hydrogens is 356 g/mol. The molecule has 1 aliphatic carbocycles. The van der Waals surface area contributed by atoms with E-state index in [9.17, 15) is 9.59 Å². The van der Waals surface area contributed by atoms with Gasteiger partial charge in [0.2, 0.25) is 11.8 Å². The van der Waals surface area contributed by atoms with Crippen LogP contribution in [0.25, 0.3) is 0 Å². The summed E-state index contributed by atoms with van der Waals surface area (Å²) in [6, 6.07) is 3.93. The molecule has 2 aliphatic rings. The van der Waals surface area contributed by atoms with Crippen molar-refractivity contribution in [3.8, 4) is 0 Å². The fourth-order valence-electron chi connectivity index (χ4n) is 3.79. The minimum Gasteiger partial charge on any atom is -0.324 e. The number of carbonyl (C=O) groups excluding carboxylic acids is 2. The van der Waals surface area contributed by atoms with Gasteiger partial charge in [0.15, 0.2) is 0 Å². The standard InChI is InChI=1S/C18H23BrN2O2/c1-12(22)20-16-11-15(19)10-14-7-8-21(18(14)16)17(23)9-13-5-3-2-4-6-13/h10-11,13H,2-9H2,1H3,(H,20,22). The lowest BCUT2D eigenvalue weighted by Gasteiger charge is -2.25. The highest BCUT2D eigenvalue weighted by molar-refractivity contribution is 9.10. The highest BCUT2D eigenvalue weighted by Gasteiger charge is 2.30. The third kappa shape index (κ3) is 3.77. The van der Waals surface area contributed by atoms with Crippen LogP contribution < -0.4 is 10.2 Å². The third-order valence-electron chi connectivity index (χ3n) is 4.83. The average molecular weight is 379 g/mol. The van der Waals surface area contributed by atoms with Gasteiger partial charge in [0.1, 0.15) is 0 Å². The minimum atomic E-state index is -0.114. The quantitative estimate of drug-likeness (QED) is 0.853. The van der Waals surface area contributed by atoms with Gasteiger partial charge in [-0.1, -0.05) is 35.2 Å². The van der Waals surface area contributed by atoms with Crippen molar-refractivity contribution in [3.05, 3.63) is 22.2 Å². The van der Waals surface area contributed by atoms with Crippen molar-refractivity contribution in [2.45, 2.75) is 51.9 Å². The number of carbonyl (C=O) groups is 2. The summed E-state index contributed by atoms with van der Waals surface area (Å²) in [7, 11) is 0. The summed E-state index contributed by atoms with van der Waals surface area (Å²) < 4.78 is 0.932.